The first-order valence-corrected chi connectivity index (χ1v) is 7.82. The standard InChI is InChI=1S/C17H24N2O/c1-12-6-7-13(8-12)10-19-17(20)15-9-14-4-2-3-5-16(14)18-11-15/h2-5,12-13,15,18H,6-11H2,1H3,(H,19,20). The molecule has 2 N–H and O–H groups in total. The molecule has 3 heteroatoms. The average molecular weight is 272 g/mol. The fourth-order valence-corrected chi connectivity index (χ4v) is 3.53. The van der Waals surface area contributed by atoms with E-state index in [0.717, 1.165) is 25.4 Å². The minimum atomic E-state index is 0.0729. The number of rotatable bonds is 3. The third-order valence-corrected chi connectivity index (χ3v) is 4.76. The van der Waals surface area contributed by atoms with Crippen LogP contribution in [0.2, 0.25) is 0 Å². The molecule has 1 heterocycles. The number of anilines is 1. The van der Waals surface area contributed by atoms with E-state index in [2.05, 4.69) is 29.7 Å². The molecule has 1 saturated carbocycles. The van der Waals surface area contributed by atoms with Gasteiger partial charge >= 0.3 is 0 Å². The van der Waals surface area contributed by atoms with Crippen LogP contribution in [0.3, 0.4) is 0 Å². The quantitative estimate of drug-likeness (QED) is 0.888. The highest BCUT2D eigenvalue weighted by Gasteiger charge is 2.26. The molecule has 1 aromatic rings. The smallest absolute Gasteiger partial charge is 0.225 e. The molecule has 1 aliphatic carbocycles. The molecule has 3 nitrogen and oxygen atoms in total. The van der Waals surface area contributed by atoms with Crippen molar-refractivity contribution in [1.29, 1.82) is 0 Å². The van der Waals surface area contributed by atoms with Crippen LogP contribution in [0.25, 0.3) is 0 Å². The minimum Gasteiger partial charge on any atom is -0.384 e. The van der Waals surface area contributed by atoms with Gasteiger partial charge < -0.3 is 10.6 Å². The van der Waals surface area contributed by atoms with Crippen molar-refractivity contribution in [3.8, 4) is 0 Å². The molecule has 0 saturated heterocycles. The molecule has 0 radical (unpaired) electrons. The largest absolute Gasteiger partial charge is 0.384 e. The second-order valence-electron chi connectivity index (χ2n) is 6.47. The van der Waals surface area contributed by atoms with Gasteiger partial charge in [0.25, 0.3) is 0 Å². The van der Waals surface area contributed by atoms with Gasteiger partial charge in [0.2, 0.25) is 5.91 Å². The Morgan fingerprint density at radius 3 is 3.00 bits per heavy atom. The molecule has 2 aliphatic rings. The maximum absolute atomic E-state index is 12.3. The number of carbonyl (C=O) groups is 1. The predicted molar refractivity (Wildman–Crippen MR) is 81.6 cm³/mol. The highest BCUT2D eigenvalue weighted by atomic mass is 16.1. The van der Waals surface area contributed by atoms with Gasteiger partial charge in [0, 0.05) is 18.8 Å². The molecule has 0 bridgehead atoms. The summed E-state index contributed by atoms with van der Waals surface area (Å²) >= 11 is 0. The summed E-state index contributed by atoms with van der Waals surface area (Å²) in [4.78, 5) is 12.3. The molecule has 0 aromatic heterocycles. The molecule has 1 amide bonds. The van der Waals surface area contributed by atoms with Gasteiger partial charge in [-0.1, -0.05) is 31.5 Å². The van der Waals surface area contributed by atoms with E-state index in [1.54, 1.807) is 0 Å². The first kappa shape index (κ1) is 13.5. The number of benzene rings is 1. The zero-order valence-electron chi connectivity index (χ0n) is 12.2. The van der Waals surface area contributed by atoms with E-state index in [1.807, 2.05) is 12.1 Å². The number of amides is 1. The number of fused-ring (bicyclic) bond motifs is 1. The zero-order chi connectivity index (χ0) is 13.9. The van der Waals surface area contributed by atoms with Gasteiger partial charge in [-0.2, -0.15) is 0 Å². The summed E-state index contributed by atoms with van der Waals surface area (Å²) in [6, 6.07) is 8.28. The van der Waals surface area contributed by atoms with Gasteiger partial charge in [-0.15, -0.1) is 0 Å². The SMILES string of the molecule is CC1CCC(CNC(=O)C2CNc3ccccc3C2)C1. The Labute approximate surface area is 121 Å². The second kappa shape index (κ2) is 5.86. The lowest BCUT2D eigenvalue weighted by atomic mass is 9.93. The maximum Gasteiger partial charge on any atom is 0.225 e. The lowest BCUT2D eigenvalue weighted by Crippen LogP contribution is -2.39. The number of carbonyl (C=O) groups excluding carboxylic acids is 1. The van der Waals surface area contributed by atoms with Crippen molar-refractivity contribution in [1.82, 2.24) is 5.32 Å². The van der Waals surface area contributed by atoms with Gasteiger partial charge in [-0.3, -0.25) is 4.79 Å². The van der Waals surface area contributed by atoms with Crippen molar-refractivity contribution >= 4 is 11.6 Å². The summed E-state index contributed by atoms with van der Waals surface area (Å²) in [6.45, 7) is 3.93. The Hall–Kier alpha value is -1.51. The molecule has 1 fully saturated rings. The first-order valence-electron chi connectivity index (χ1n) is 7.82. The van der Waals surface area contributed by atoms with E-state index >= 15 is 0 Å². The van der Waals surface area contributed by atoms with E-state index in [4.69, 9.17) is 0 Å². The van der Waals surface area contributed by atoms with Crippen LogP contribution in [-0.4, -0.2) is 19.0 Å². The Bertz CT molecular complexity index is 486. The molecule has 108 valence electrons. The van der Waals surface area contributed by atoms with E-state index in [9.17, 15) is 4.79 Å². The summed E-state index contributed by atoms with van der Waals surface area (Å²) in [5, 5.41) is 6.53. The Morgan fingerprint density at radius 2 is 2.20 bits per heavy atom. The summed E-state index contributed by atoms with van der Waals surface area (Å²) in [5.74, 6) is 1.81. The third kappa shape index (κ3) is 2.97. The molecule has 0 spiro atoms. The van der Waals surface area contributed by atoms with Crippen molar-refractivity contribution in [2.75, 3.05) is 18.4 Å². The van der Waals surface area contributed by atoms with Crippen molar-refractivity contribution in [3.05, 3.63) is 29.8 Å². The summed E-state index contributed by atoms with van der Waals surface area (Å²) in [7, 11) is 0. The Kier molecular flexibility index (Phi) is 3.95. The Balaban J connectivity index is 1.51. The van der Waals surface area contributed by atoms with Crippen LogP contribution >= 0.6 is 0 Å². The second-order valence-corrected chi connectivity index (χ2v) is 6.47. The van der Waals surface area contributed by atoms with E-state index in [-0.39, 0.29) is 11.8 Å². The van der Waals surface area contributed by atoms with Gasteiger partial charge in [-0.25, -0.2) is 0 Å². The normalized spacial score (nSPS) is 28.6. The number of hydrogen-bond donors (Lipinski definition) is 2. The van der Waals surface area contributed by atoms with Crippen LogP contribution in [0.1, 0.15) is 31.7 Å². The highest BCUT2D eigenvalue weighted by Crippen LogP contribution is 2.30. The van der Waals surface area contributed by atoms with Crippen LogP contribution in [0.15, 0.2) is 24.3 Å². The Morgan fingerprint density at radius 1 is 1.35 bits per heavy atom. The van der Waals surface area contributed by atoms with E-state index in [1.165, 1.54) is 30.5 Å². The van der Waals surface area contributed by atoms with Crippen LogP contribution in [0.5, 0.6) is 0 Å². The molecular weight excluding hydrogens is 248 g/mol. The maximum atomic E-state index is 12.3. The van der Waals surface area contributed by atoms with Gasteiger partial charge in [0.15, 0.2) is 0 Å². The molecule has 20 heavy (non-hydrogen) atoms. The molecular formula is C17H24N2O. The van der Waals surface area contributed by atoms with Gasteiger partial charge in [0.05, 0.1) is 5.92 Å². The molecule has 1 aliphatic heterocycles. The van der Waals surface area contributed by atoms with Crippen LogP contribution in [0, 0.1) is 17.8 Å². The fraction of sp³-hybridized carbons (Fsp3) is 0.588. The van der Waals surface area contributed by atoms with Crippen molar-refractivity contribution in [3.63, 3.8) is 0 Å². The minimum absolute atomic E-state index is 0.0729. The predicted octanol–water partition coefficient (Wildman–Crippen LogP) is 2.82. The van der Waals surface area contributed by atoms with Gasteiger partial charge in [-0.05, 0) is 42.7 Å². The third-order valence-electron chi connectivity index (χ3n) is 4.76. The number of nitrogens with one attached hydrogen (secondary N) is 2. The van der Waals surface area contributed by atoms with E-state index < -0.39 is 0 Å². The summed E-state index contributed by atoms with van der Waals surface area (Å²) < 4.78 is 0. The molecule has 3 unspecified atom stereocenters. The van der Waals surface area contributed by atoms with Crippen molar-refractivity contribution in [2.45, 2.75) is 32.6 Å². The first-order chi connectivity index (χ1) is 9.72. The van der Waals surface area contributed by atoms with Crippen LogP contribution in [-0.2, 0) is 11.2 Å². The topological polar surface area (TPSA) is 41.1 Å². The monoisotopic (exact) mass is 272 g/mol. The van der Waals surface area contributed by atoms with Crippen LogP contribution < -0.4 is 10.6 Å². The average Bonchev–Trinajstić information content (AvgIpc) is 2.90. The number of hydrogen-bond acceptors (Lipinski definition) is 2. The lowest BCUT2D eigenvalue weighted by molar-refractivity contribution is -0.124. The highest BCUT2D eigenvalue weighted by molar-refractivity contribution is 5.80. The summed E-state index contributed by atoms with van der Waals surface area (Å²) in [6.07, 6.45) is 4.72. The molecule has 1 aromatic carbocycles. The molecule has 3 rings (SSSR count). The van der Waals surface area contributed by atoms with Crippen molar-refractivity contribution in [2.24, 2.45) is 17.8 Å². The van der Waals surface area contributed by atoms with Gasteiger partial charge in [0.1, 0.15) is 0 Å². The lowest BCUT2D eigenvalue weighted by Gasteiger charge is -2.25. The van der Waals surface area contributed by atoms with Crippen LogP contribution in [0.4, 0.5) is 5.69 Å². The molecule has 3 atom stereocenters. The van der Waals surface area contributed by atoms with Crippen molar-refractivity contribution < 1.29 is 4.79 Å². The fourth-order valence-electron chi connectivity index (χ4n) is 3.53. The van der Waals surface area contributed by atoms with E-state index in [0.29, 0.717) is 5.92 Å². The number of para-hydroxylation sites is 1. The zero-order valence-corrected chi connectivity index (χ0v) is 12.2. The summed E-state index contributed by atoms with van der Waals surface area (Å²) in [5.41, 5.74) is 2.44.